The van der Waals surface area contributed by atoms with Gasteiger partial charge in [-0.15, -0.1) is 13.2 Å². The monoisotopic (exact) mass is 323 g/mol. The third kappa shape index (κ3) is 3.52. The minimum atomic E-state index is -4.73. The molecule has 0 fully saturated rings. The van der Waals surface area contributed by atoms with Gasteiger partial charge in [0.05, 0.1) is 12.2 Å². The molecule has 4 nitrogen and oxygen atoms in total. The van der Waals surface area contributed by atoms with Gasteiger partial charge >= 0.3 is 6.36 Å². The molecule has 0 aliphatic carbocycles. The summed E-state index contributed by atoms with van der Waals surface area (Å²) in [6, 6.07) is 4.33. The second-order valence-corrected chi connectivity index (χ2v) is 4.39. The fraction of sp³-hybridized carbons (Fsp3) is 0.300. The molecule has 0 spiro atoms. The van der Waals surface area contributed by atoms with Crippen molar-refractivity contribution in [3.8, 4) is 5.75 Å². The molecule has 0 unspecified atom stereocenters. The summed E-state index contributed by atoms with van der Waals surface area (Å²) in [6.07, 6.45) is -4.73. The molecule has 2 N–H and O–H groups in total. The van der Waals surface area contributed by atoms with Gasteiger partial charge in [-0.2, -0.15) is 0 Å². The van der Waals surface area contributed by atoms with Gasteiger partial charge in [0, 0.05) is 11.0 Å². The SMILES string of the molecule is FC(F)(F)Oc1cc(Br)ccc1NC1=NCCN1. The van der Waals surface area contributed by atoms with E-state index in [0.717, 1.165) is 0 Å². The molecule has 0 bridgehead atoms. The molecule has 8 heteroatoms. The van der Waals surface area contributed by atoms with Crippen LogP contribution in [0.5, 0.6) is 5.75 Å². The Labute approximate surface area is 109 Å². The first-order valence-electron chi connectivity index (χ1n) is 5.05. The average molecular weight is 324 g/mol. The van der Waals surface area contributed by atoms with E-state index in [-0.39, 0.29) is 11.4 Å². The number of anilines is 1. The fourth-order valence-corrected chi connectivity index (χ4v) is 1.76. The molecule has 2 rings (SSSR count). The van der Waals surface area contributed by atoms with Gasteiger partial charge in [0.15, 0.2) is 11.7 Å². The third-order valence-corrected chi connectivity index (χ3v) is 2.59. The molecule has 0 radical (unpaired) electrons. The predicted molar refractivity (Wildman–Crippen MR) is 64.8 cm³/mol. The summed E-state index contributed by atoms with van der Waals surface area (Å²) in [6.45, 7) is 1.25. The van der Waals surface area contributed by atoms with Crippen LogP contribution in [0.2, 0.25) is 0 Å². The average Bonchev–Trinajstić information content (AvgIpc) is 2.72. The molecule has 0 saturated heterocycles. The van der Waals surface area contributed by atoms with Crippen LogP contribution in [0.4, 0.5) is 18.9 Å². The molecule has 1 aliphatic rings. The molecule has 1 heterocycles. The van der Waals surface area contributed by atoms with E-state index in [0.29, 0.717) is 23.5 Å². The number of alkyl halides is 3. The summed E-state index contributed by atoms with van der Waals surface area (Å²) in [7, 11) is 0. The molecular weight excluding hydrogens is 315 g/mol. The van der Waals surface area contributed by atoms with Gasteiger partial charge in [-0.1, -0.05) is 15.9 Å². The first kappa shape index (κ1) is 13.0. The van der Waals surface area contributed by atoms with Crippen LogP contribution >= 0.6 is 15.9 Å². The summed E-state index contributed by atoms with van der Waals surface area (Å²) in [4.78, 5) is 4.04. The maximum Gasteiger partial charge on any atom is 0.573 e. The van der Waals surface area contributed by atoms with Crippen LogP contribution < -0.4 is 15.4 Å². The molecule has 0 amide bonds. The van der Waals surface area contributed by atoms with Gasteiger partial charge < -0.3 is 15.4 Å². The zero-order valence-corrected chi connectivity index (χ0v) is 10.6. The summed E-state index contributed by atoms with van der Waals surface area (Å²) in [5.41, 5.74) is 0.198. The van der Waals surface area contributed by atoms with E-state index in [1.807, 2.05) is 0 Å². The van der Waals surface area contributed by atoms with Crippen LogP contribution in [-0.2, 0) is 0 Å². The number of ether oxygens (including phenoxy) is 1. The second-order valence-electron chi connectivity index (χ2n) is 3.47. The van der Waals surface area contributed by atoms with E-state index in [4.69, 9.17) is 0 Å². The highest BCUT2D eigenvalue weighted by Gasteiger charge is 2.32. The number of benzene rings is 1. The molecule has 18 heavy (non-hydrogen) atoms. The predicted octanol–water partition coefficient (Wildman–Crippen LogP) is 2.72. The van der Waals surface area contributed by atoms with Gasteiger partial charge in [-0.3, -0.25) is 4.99 Å². The highest BCUT2D eigenvalue weighted by atomic mass is 79.9. The third-order valence-electron chi connectivity index (χ3n) is 2.10. The van der Waals surface area contributed by atoms with Gasteiger partial charge in [-0.05, 0) is 18.2 Å². The Hall–Kier alpha value is -1.44. The lowest BCUT2D eigenvalue weighted by Gasteiger charge is -2.15. The van der Waals surface area contributed by atoms with Gasteiger partial charge in [0.2, 0.25) is 0 Å². The lowest BCUT2D eigenvalue weighted by molar-refractivity contribution is -0.274. The van der Waals surface area contributed by atoms with Crippen molar-refractivity contribution in [2.45, 2.75) is 6.36 Å². The van der Waals surface area contributed by atoms with Crippen molar-refractivity contribution in [3.63, 3.8) is 0 Å². The van der Waals surface area contributed by atoms with Crippen molar-refractivity contribution in [3.05, 3.63) is 22.7 Å². The summed E-state index contributed by atoms with van der Waals surface area (Å²) < 4.78 is 41.2. The second kappa shape index (κ2) is 5.05. The quantitative estimate of drug-likeness (QED) is 0.879. The molecule has 98 valence electrons. The number of hydrogen-bond acceptors (Lipinski definition) is 4. The Bertz CT molecular complexity index is 476. The van der Waals surface area contributed by atoms with E-state index in [2.05, 4.69) is 36.3 Å². The standard InChI is InChI=1S/C10H9BrF3N3O/c11-6-1-2-7(17-9-15-3-4-16-9)8(5-6)18-10(12,13)14/h1-2,5H,3-4H2,(H2,15,16,17). The van der Waals surface area contributed by atoms with Crippen molar-refractivity contribution in [2.75, 3.05) is 18.4 Å². The lowest BCUT2D eigenvalue weighted by Crippen LogP contribution is -2.27. The molecule has 1 aromatic rings. The molecule has 1 aliphatic heterocycles. The summed E-state index contributed by atoms with van der Waals surface area (Å²) >= 11 is 3.10. The smallest absolute Gasteiger partial charge is 0.404 e. The minimum Gasteiger partial charge on any atom is -0.404 e. The van der Waals surface area contributed by atoms with Crippen molar-refractivity contribution in [1.82, 2.24) is 5.32 Å². The highest BCUT2D eigenvalue weighted by molar-refractivity contribution is 9.10. The number of halogens is 4. The van der Waals surface area contributed by atoms with Crippen LogP contribution in [0.1, 0.15) is 0 Å². The Morgan fingerprint density at radius 3 is 2.78 bits per heavy atom. The van der Waals surface area contributed by atoms with Gasteiger partial charge in [-0.25, -0.2) is 0 Å². The molecule has 0 aromatic heterocycles. The van der Waals surface area contributed by atoms with Crippen LogP contribution in [-0.4, -0.2) is 25.4 Å². The first-order valence-corrected chi connectivity index (χ1v) is 5.84. The van der Waals surface area contributed by atoms with Crippen molar-refractivity contribution < 1.29 is 17.9 Å². The molecule has 0 saturated carbocycles. The number of aliphatic imine (C=N–C) groups is 1. The van der Waals surface area contributed by atoms with Crippen LogP contribution in [0.15, 0.2) is 27.7 Å². The Morgan fingerprint density at radius 1 is 1.39 bits per heavy atom. The maximum atomic E-state index is 12.3. The van der Waals surface area contributed by atoms with E-state index in [1.165, 1.54) is 12.1 Å². The van der Waals surface area contributed by atoms with Crippen LogP contribution in [0, 0.1) is 0 Å². The van der Waals surface area contributed by atoms with E-state index in [1.54, 1.807) is 6.07 Å². The highest BCUT2D eigenvalue weighted by Crippen LogP contribution is 2.32. The molecular formula is C10H9BrF3N3O. The zero-order chi connectivity index (χ0) is 13.2. The number of nitrogens with zero attached hydrogens (tertiary/aromatic N) is 1. The van der Waals surface area contributed by atoms with Crippen molar-refractivity contribution >= 4 is 27.6 Å². The minimum absolute atomic E-state index is 0.198. The number of nitrogens with one attached hydrogen (secondary N) is 2. The van der Waals surface area contributed by atoms with Crippen LogP contribution in [0.3, 0.4) is 0 Å². The number of rotatable bonds is 2. The van der Waals surface area contributed by atoms with E-state index >= 15 is 0 Å². The van der Waals surface area contributed by atoms with Crippen molar-refractivity contribution in [1.29, 1.82) is 0 Å². The Kier molecular flexibility index (Phi) is 3.65. The maximum absolute atomic E-state index is 12.3. The van der Waals surface area contributed by atoms with E-state index < -0.39 is 6.36 Å². The first-order chi connectivity index (χ1) is 8.44. The Morgan fingerprint density at radius 2 is 2.17 bits per heavy atom. The molecule has 1 aromatic carbocycles. The number of guanidine groups is 1. The van der Waals surface area contributed by atoms with Gasteiger partial charge in [0.25, 0.3) is 0 Å². The topological polar surface area (TPSA) is 45.6 Å². The fourth-order valence-electron chi connectivity index (χ4n) is 1.42. The Balaban J connectivity index is 2.22. The largest absolute Gasteiger partial charge is 0.573 e. The summed E-state index contributed by atoms with van der Waals surface area (Å²) in [5, 5.41) is 5.65. The van der Waals surface area contributed by atoms with Crippen molar-refractivity contribution in [2.24, 2.45) is 4.99 Å². The summed E-state index contributed by atoms with van der Waals surface area (Å²) in [5.74, 6) is 0.123. The van der Waals surface area contributed by atoms with Gasteiger partial charge in [0.1, 0.15) is 0 Å². The molecule has 0 atom stereocenters. The number of hydrogen-bond donors (Lipinski definition) is 2. The normalized spacial score (nSPS) is 15.0. The zero-order valence-electron chi connectivity index (χ0n) is 9.01. The lowest BCUT2D eigenvalue weighted by atomic mass is 10.3. The van der Waals surface area contributed by atoms with E-state index in [9.17, 15) is 13.2 Å². The van der Waals surface area contributed by atoms with Crippen LogP contribution in [0.25, 0.3) is 0 Å².